The molecule has 7 heteroatoms. The third-order valence-corrected chi connectivity index (χ3v) is 7.52. The van der Waals surface area contributed by atoms with Gasteiger partial charge in [0.2, 0.25) is 0 Å². The Bertz CT molecular complexity index is 1340. The molecule has 0 spiro atoms. The summed E-state index contributed by atoms with van der Waals surface area (Å²) in [5.41, 5.74) is 1.88. The number of benzene rings is 3. The fourth-order valence-electron chi connectivity index (χ4n) is 5.48. The van der Waals surface area contributed by atoms with E-state index in [4.69, 9.17) is 4.42 Å². The second kappa shape index (κ2) is 12.6. The first-order valence-corrected chi connectivity index (χ1v) is 13.8. The molecule has 40 heavy (non-hydrogen) atoms. The van der Waals surface area contributed by atoms with Crippen molar-refractivity contribution in [3.8, 4) is 0 Å². The molecule has 1 aliphatic carbocycles. The fourth-order valence-corrected chi connectivity index (χ4v) is 5.48. The summed E-state index contributed by atoms with van der Waals surface area (Å²) in [6.07, 6.45) is 0.951. The summed E-state index contributed by atoms with van der Waals surface area (Å²) < 4.78 is 46.0. The van der Waals surface area contributed by atoms with Crippen molar-refractivity contribution in [1.82, 2.24) is 10.2 Å². The Kier molecular flexibility index (Phi) is 8.70. The van der Waals surface area contributed by atoms with E-state index in [1.54, 1.807) is 18.2 Å². The molecule has 0 radical (unpaired) electrons. The molecular weight excluding hydrogens is 513 g/mol. The van der Waals surface area contributed by atoms with Gasteiger partial charge >= 0.3 is 6.18 Å². The molecule has 1 saturated carbocycles. The minimum absolute atomic E-state index is 0.203. The van der Waals surface area contributed by atoms with Gasteiger partial charge in [0, 0.05) is 12.6 Å². The zero-order valence-corrected chi connectivity index (χ0v) is 22.2. The van der Waals surface area contributed by atoms with Crippen LogP contribution in [0.25, 0.3) is 0 Å². The lowest BCUT2D eigenvalue weighted by molar-refractivity contribution is -0.137. The number of carbonyl (C=O) groups excluding carboxylic acids is 1. The van der Waals surface area contributed by atoms with Crippen molar-refractivity contribution in [2.45, 2.75) is 63.5 Å². The number of halogens is 3. The zero-order chi connectivity index (χ0) is 28.0. The number of hydrogen-bond acceptors (Lipinski definition) is 3. The number of rotatable bonds is 9. The van der Waals surface area contributed by atoms with Crippen molar-refractivity contribution in [3.63, 3.8) is 0 Å². The number of nitrogens with one attached hydrogen (secondary N) is 1. The summed E-state index contributed by atoms with van der Waals surface area (Å²) >= 11 is 0. The second-order valence-electron chi connectivity index (χ2n) is 10.4. The highest BCUT2D eigenvalue weighted by Crippen LogP contribution is 2.31. The third-order valence-electron chi connectivity index (χ3n) is 7.52. The first-order valence-electron chi connectivity index (χ1n) is 13.8. The molecule has 4 aromatic rings. The van der Waals surface area contributed by atoms with Gasteiger partial charge in [0.25, 0.3) is 5.91 Å². The lowest BCUT2D eigenvalue weighted by Gasteiger charge is -2.34. The van der Waals surface area contributed by atoms with Crippen LogP contribution < -0.4 is 5.32 Å². The molecule has 208 valence electrons. The minimum atomic E-state index is -4.38. The molecule has 0 bridgehead atoms. The van der Waals surface area contributed by atoms with Gasteiger partial charge < -0.3 is 9.73 Å². The van der Waals surface area contributed by atoms with Gasteiger partial charge in [0.1, 0.15) is 5.76 Å². The molecule has 5 rings (SSSR count). The van der Waals surface area contributed by atoms with Crippen molar-refractivity contribution >= 4 is 5.91 Å². The van der Waals surface area contributed by atoms with Crippen LogP contribution in [0, 0.1) is 0 Å². The molecule has 1 amide bonds. The lowest BCUT2D eigenvalue weighted by atomic mass is 9.93. The Morgan fingerprint density at radius 2 is 1.48 bits per heavy atom. The number of carbonyl (C=O) groups is 1. The molecule has 3 aromatic carbocycles. The summed E-state index contributed by atoms with van der Waals surface area (Å²) in [5, 5.41) is 3.10. The predicted octanol–water partition coefficient (Wildman–Crippen LogP) is 8.15. The molecule has 1 aromatic heterocycles. The van der Waals surface area contributed by atoms with Crippen molar-refractivity contribution < 1.29 is 22.4 Å². The van der Waals surface area contributed by atoms with Crippen molar-refractivity contribution in [3.05, 3.63) is 131 Å². The van der Waals surface area contributed by atoms with Crippen molar-refractivity contribution in [2.75, 3.05) is 0 Å². The van der Waals surface area contributed by atoms with Crippen LogP contribution in [0.15, 0.2) is 101 Å². The SMILES string of the molecule is O=C(NC(c1ccccc1)c1ccccc1)c1ccc(CN(Cc2cccc(C(F)(F)F)c2)C2CCCCC2)o1. The Morgan fingerprint density at radius 1 is 0.825 bits per heavy atom. The number of nitrogens with zero attached hydrogens (tertiary/aromatic N) is 1. The highest BCUT2D eigenvalue weighted by molar-refractivity contribution is 5.92. The van der Waals surface area contributed by atoms with Gasteiger partial charge in [-0.25, -0.2) is 0 Å². The number of furan rings is 1. The van der Waals surface area contributed by atoms with E-state index in [1.807, 2.05) is 60.7 Å². The molecule has 0 saturated heterocycles. The van der Waals surface area contributed by atoms with Crippen molar-refractivity contribution in [2.24, 2.45) is 0 Å². The Balaban J connectivity index is 1.33. The van der Waals surface area contributed by atoms with Gasteiger partial charge in [0.15, 0.2) is 5.76 Å². The topological polar surface area (TPSA) is 45.5 Å². The Hall–Kier alpha value is -3.84. The Morgan fingerprint density at radius 3 is 2.10 bits per heavy atom. The quantitative estimate of drug-likeness (QED) is 0.230. The van der Waals surface area contributed by atoms with E-state index in [0.717, 1.165) is 42.9 Å². The van der Waals surface area contributed by atoms with Crippen LogP contribution >= 0.6 is 0 Å². The molecular formula is C33H33F3N2O2. The molecule has 4 nitrogen and oxygen atoms in total. The van der Waals surface area contributed by atoms with Crippen molar-refractivity contribution in [1.29, 1.82) is 0 Å². The maximum Gasteiger partial charge on any atom is 0.416 e. The van der Waals surface area contributed by atoms with Crippen LogP contribution in [0.3, 0.4) is 0 Å². The van der Waals surface area contributed by atoms with Crippen LogP contribution in [0.5, 0.6) is 0 Å². The molecule has 0 atom stereocenters. The highest BCUT2D eigenvalue weighted by Gasteiger charge is 2.31. The van der Waals surface area contributed by atoms with E-state index >= 15 is 0 Å². The molecule has 0 unspecified atom stereocenters. The Labute approximate surface area is 232 Å². The van der Waals surface area contributed by atoms with Gasteiger partial charge in [-0.1, -0.05) is 98.1 Å². The largest absolute Gasteiger partial charge is 0.455 e. The second-order valence-corrected chi connectivity index (χ2v) is 10.4. The molecule has 1 fully saturated rings. The van der Waals surface area contributed by atoms with Gasteiger partial charge in [-0.3, -0.25) is 9.69 Å². The minimum Gasteiger partial charge on any atom is -0.455 e. The zero-order valence-electron chi connectivity index (χ0n) is 22.2. The van der Waals surface area contributed by atoms with Gasteiger partial charge in [-0.15, -0.1) is 0 Å². The molecule has 1 aliphatic rings. The van der Waals surface area contributed by atoms with Crippen LogP contribution in [0.2, 0.25) is 0 Å². The average Bonchev–Trinajstić information content (AvgIpc) is 3.45. The van der Waals surface area contributed by atoms with Gasteiger partial charge in [0.05, 0.1) is 18.2 Å². The molecule has 0 aliphatic heterocycles. The van der Waals surface area contributed by atoms with Crippen LogP contribution in [-0.4, -0.2) is 16.8 Å². The molecule has 1 heterocycles. The number of alkyl halides is 3. The lowest BCUT2D eigenvalue weighted by Crippen LogP contribution is -2.35. The van der Waals surface area contributed by atoms with E-state index < -0.39 is 11.7 Å². The highest BCUT2D eigenvalue weighted by atomic mass is 19.4. The predicted molar refractivity (Wildman–Crippen MR) is 148 cm³/mol. The summed E-state index contributed by atoms with van der Waals surface area (Å²) in [7, 11) is 0. The maximum atomic E-state index is 13.3. The number of amides is 1. The average molecular weight is 547 g/mol. The van der Waals surface area contributed by atoms with Crippen LogP contribution in [0.4, 0.5) is 13.2 Å². The standard InChI is InChI=1S/C33H33F3N2O2/c34-33(35,36)27-16-10-11-24(21-27)22-38(28-17-8-3-9-18-28)23-29-19-20-30(40-29)32(39)37-31(25-12-4-1-5-13-25)26-14-6-2-7-15-26/h1-2,4-7,10-16,19-21,28,31H,3,8-9,17-18,22-23H2,(H,37,39). The first kappa shape index (κ1) is 27.7. The van der Waals surface area contributed by atoms with E-state index in [2.05, 4.69) is 10.2 Å². The summed E-state index contributed by atoms with van der Waals surface area (Å²) in [4.78, 5) is 15.5. The first-order chi connectivity index (χ1) is 19.4. The van der Waals surface area contributed by atoms with Crippen LogP contribution in [0.1, 0.15) is 76.7 Å². The smallest absolute Gasteiger partial charge is 0.416 e. The van der Waals surface area contributed by atoms with E-state index in [0.29, 0.717) is 24.4 Å². The van der Waals surface area contributed by atoms with Crippen LogP contribution in [-0.2, 0) is 19.3 Å². The summed E-state index contributed by atoms with van der Waals surface area (Å²) in [6.45, 7) is 0.788. The normalized spacial score (nSPS) is 14.5. The fraction of sp³-hybridized carbons (Fsp3) is 0.303. The molecule has 1 N–H and O–H groups in total. The van der Waals surface area contributed by atoms with E-state index in [9.17, 15) is 18.0 Å². The summed E-state index contributed by atoms with van der Waals surface area (Å²) in [5.74, 6) is 0.485. The van der Waals surface area contributed by atoms with Gasteiger partial charge in [-0.05, 0) is 47.7 Å². The number of hydrogen-bond donors (Lipinski definition) is 1. The third kappa shape index (κ3) is 7.02. The monoisotopic (exact) mass is 546 g/mol. The van der Waals surface area contributed by atoms with E-state index in [1.165, 1.54) is 18.6 Å². The van der Waals surface area contributed by atoms with E-state index in [-0.39, 0.29) is 23.8 Å². The van der Waals surface area contributed by atoms with Gasteiger partial charge in [-0.2, -0.15) is 13.2 Å². The maximum absolute atomic E-state index is 13.3. The summed E-state index contributed by atoms with van der Waals surface area (Å²) in [6, 6.07) is 28.4.